The van der Waals surface area contributed by atoms with Gasteiger partial charge in [-0.3, -0.25) is 14.1 Å². The van der Waals surface area contributed by atoms with Crippen LogP contribution in [0.2, 0.25) is 0 Å². The summed E-state index contributed by atoms with van der Waals surface area (Å²) >= 11 is 1.19. The molecule has 0 spiro atoms. The van der Waals surface area contributed by atoms with Crippen molar-refractivity contribution in [3.05, 3.63) is 65.2 Å². The largest absolute Gasteiger partial charge is 1.00 e. The van der Waals surface area contributed by atoms with Crippen molar-refractivity contribution in [3.63, 3.8) is 0 Å². The van der Waals surface area contributed by atoms with E-state index in [4.69, 9.17) is 8.92 Å². The number of benzene rings is 3. The molecule has 4 aromatic rings. The van der Waals surface area contributed by atoms with E-state index in [-0.39, 0.29) is 95.3 Å². The van der Waals surface area contributed by atoms with E-state index in [0.29, 0.717) is 15.8 Å². The molecule has 1 unspecified atom stereocenters. The third-order valence-electron chi connectivity index (χ3n) is 5.90. The van der Waals surface area contributed by atoms with Gasteiger partial charge in [0.05, 0.1) is 34.2 Å². The quantitative estimate of drug-likeness (QED) is 0.0680. The van der Waals surface area contributed by atoms with Gasteiger partial charge in [-0.1, -0.05) is 6.07 Å². The monoisotopic (exact) mass is 680 g/mol. The molecule has 1 aromatic heterocycles. The number of ether oxygens (including phenoxy) is 1. The van der Waals surface area contributed by atoms with Crippen LogP contribution in [-0.4, -0.2) is 51.2 Å². The second kappa shape index (κ2) is 15.4. The van der Waals surface area contributed by atoms with Crippen molar-refractivity contribution < 1.29 is 102 Å². The zero-order valence-electron chi connectivity index (χ0n) is 26.6. The molecule has 224 valence electrons. The van der Waals surface area contributed by atoms with E-state index in [9.17, 15) is 31.0 Å². The Hall–Kier alpha value is -2.25. The van der Waals surface area contributed by atoms with Crippen LogP contribution in [0.25, 0.3) is 10.2 Å². The van der Waals surface area contributed by atoms with Crippen molar-refractivity contribution in [2.75, 3.05) is 12.4 Å². The van der Waals surface area contributed by atoms with Crippen molar-refractivity contribution in [1.82, 2.24) is 4.98 Å². The second-order valence-electron chi connectivity index (χ2n) is 8.95. The van der Waals surface area contributed by atoms with E-state index in [0.717, 1.165) is 13.0 Å². The number of aromatic nitrogens is 1. The molecule has 0 bridgehead atoms. The van der Waals surface area contributed by atoms with Gasteiger partial charge in [-0.15, -0.1) is 11.3 Å². The minimum atomic E-state index is -4.54. The predicted octanol–water partition coefficient (Wildman–Crippen LogP) is -1.15. The van der Waals surface area contributed by atoms with Gasteiger partial charge in [0.15, 0.2) is 5.78 Å². The number of anilines is 1. The number of Topliss-reactive ketones (excluding diaryl/α,β-unsaturated/α-hetero) is 1. The first-order valence-corrected chi connectivity index (χ1v) is 15.7. The Morgan fingerprint density at radius 2 is 1.68 bits per heavy atom. The number of hydrogen-bond donors (Lipinski definition) is 2. The first kappa shape index (κ1) is 37.9. The maximum atomic E-state index is 13.1. The molecule has 0 saturated carbocycles. The summed E-state index contributed by atoms with van der Waals surface area (Å²) in [5, 5.41) is 10.2. The summed E-state index contributed by atoms with van der Waals surface area (Å²) < 4.78 is 69.6. The number of carbonyl (C=O) groups excluding carboxylic acids is 2. The van der Waals surface area contributed by atoms with Crippen molar-refractivity contribution >= 4 is 64.9 Å². The Morgan fingerprint density at radius 1 is 1.02 bits per heavy atom. The standard InChI is InChI=1S/C26H24N4O9S3.2Na.2H/c1-14-5-10-19-24(40-13-27-19)25(14)42(36,37)39-18-8-6-17(7-9-18)29-30-23(16(3)31)26(32)28-20-11-15(2)22(41(33,34)35)12-21(20)38-4;;;;/h5-13,23H,1-4H3,(H,28,32)(H,33,34,35);;;;/q;2*+1;2*-1. The minimum absolute atomic E-state index is 0. The van der Waals surface area contributed by atoms with Gasteiger partial charge in [0.2, 0.25) is 6.04 Å². The molecule has 0 aliphatic rings. The fraction of sp³-hybridized carbons (Fsp3) is 0.192. The molecular formula is C26H26N4Na2O9S3. The zero-order valence-corrected chi connectivity index (χ0v) is 31.0. The fourth-order valence-corrected chi connectivity index (χ4v) is 7.10. The average molecular weight is 681 g/mol. The molecule has 18 heteroatoms. The van der Waals surface area contributed by atoms with Gasteiger partial charge < -0.3 is 17.1 Å². The summed E-state index contributed by atoms with van der Waals surface area (Å²) in [7, 11) is -7.50. The number of hydrogen-bond acceptors (Lipinski definition) is 12. The van der Waals surface area contributed by atoms with Crippen LogP contribution in [0, 0.1) is 13.8 Å². The van der Waals surface area contributed by atoms with Crippen LogP contribution in [0.1, 0.15) is 20.9 Å². The van der Waals surface area contributed by atoms with E-state index in [1.165, 1.54) is 55.7 Å². The van der Waals surface area contributed by atoms with Gasteiger partial charge in [-0.25, -0.2) is 4.98 Å². The smallest absolute Gasteiger partial charge is 1.00 e. The summed E-state index contributed by atoms with van der Waals surface area (Å²) in [6.45, 7) is 4.20. The number of thiazole rings is 1. The number of azo groups is 1. The molecule has 4 rings (SSSR count). The summed E-state index contributed by atoms with van der Waals surface area (Å²) in [5.74, 6) is -1.58. The molecule has 1 heterocycles. The van der Waals surface area contributed by atoms with Crippen LogP contribution in [-0.2, 0) is 29.8 Å². The van der Waals surface area contributed by atoms with Crippen molar-refractivity contribution in [2.24, 2.45) is 10.2 Å². The molecule has 3 aromatic carbocycles. The third kappa shape index (κ3) is 8.72. The molecule has 0 aliphatic carbocycles. The average Bonchev–Trinajstić information content (AvgIpc) is 3.37. The maximum absolute atomic E-state index is 13.1. The van der Waals surface area contributed by atoms with E-state index in [1.54, 1.807) is 24.6 Å². The Morgan fingerprint density at radius 3 is 2.27 bits per heavy atom. The summed E-state index contributed by atoms with van der Waals surface area (Å²) in [6.07, 6.45) is 0. The first-order chi connectivity index (χ1) is 19.7. The number of aryl methyl sites for hydroxylation is 2. The normalized spacial score (nSPS) is 12.2. The van der Waals surface area contributed by atoms with Crippen molar-refractivity contribution in [1.29, 1.82) is 0 Å². The van der Waals surface area contributed by atoms with E-state index < -0.39 is 42.9 Å². The number of nitrogens with one attached hydrogen (secondary N) is 1. The summed E-state index contributed by atoms with van der Waals surface area (Å²) in [4.78, 5) is 28.9. The molecule has 13 nitrogen and oxygen atoms in total. The maximum Gasteiger partial charge on any atom is 1.00 e. The molecule has 0 saturated heterocycles. The first-order valence-electron chi connectivity index (χ1n) is 12.0. The zero-order chi connectivity index (χ0) is 30.8. The Labute approximate surface area is 304 Å². The number of amides is 1. The second-order valence-corrected chi connectivity index (χ2v) is 12.7. The fourth-order valence-electron chi connectivity index (χ4n) is 3.91. The number of nitrogens with zero attached hydrogens (tertiary/aromatic N) is 3. The number of fused-ring (bicyclic) bond motifs is 1. The molecule has 0 fully saturated rings. The predicted molar refractivity (Wildman–Crippen MR) is 156 cm³/mol. The Bertz CT molecular complexity index is 1960. The minimum Gasteiger partial charge on any atom is -1.00 e. The molecule has 2 N–H and O–H groups in total. The molecule has 1 atom stereocenters. The number of rotatable bonds is 10. The van der Waals surface area contributed by atoms with Crippen molar-refractivity contribution in [3.8, 4) is 11.5 Å². The Balaban J connectivity index is 0.00000506. The van der Waals surface area contributed by atoms with E-state index >= 15 is 0 Å². The molecular weight excluding hydrogens is 654 g/mol. The number of methoxy groups -OCH3 is 1. The van der Waals surface area contributed by atoms with Gasteiger partial charge >= 0.3 is 69.2 Å². The SMILES string of the molecule is COc1cc(S(=O)(=O)O)c(C)cc1NC(=O)C(N=Nc1ccc(OS(=O)(=O)c2c(C)ccc3ncsc23)cc1)C(C)=O.[H-].[H-].[Na+].[Na+]. The van der Waals surface area contributed by atoms with Crippen LogP contribution in [0.15, 0.2) is 74.1 Å². The van der Waals surface area contributed by atoms with Gasteiger partial charge in [0.1, 0.15) is 21.3 Å². The van der Waals surface area contributed by atoms with Crippen LogP contribution in [0.4, 0.5) is 11.4 Å². The summed E-state index contributed by atoms with van der Waals surface area (Å²) in [6, 6.07) is 9.58. The molecule has 0 aliphatic heterocycles. The van der Waals surface area contributed by atoms with Crippen LogP contribution in [0.5, 0.6) is 11.5 Å². The molecule has 1 amide bonds. The van der Waals surface area contributed by atoms with E-state index in [2.05, 4.69) is 20.5 Å². The van der Waals surface area contributed by atoms with Gasteiger partial charge in [-0.2, -0.15) is 27.1 Å². The summed E-state index contributed by atoms with van der Waals surface area (Å²) in [5.41, 5.74) is 2.96. The van der Waals surface area contributed by atoms with Crippen molar-refractivity contribution in [2.45, 2.75) is 36.6 Å². The number of ketones is 1. The van der Waals surface area contributed by atoms with Crippen LogP contribution < -0.4 is 73.4 Å². The molecule has 44 heavy (non-hydrogen) atoms. The van der Waals surface area contributed by atoms with Crippen LogP contribution in [0.3, 0.4) is 0 Å². The van der Waals surface area contributed by atoms with E-state index in [1.807, 2.05) is 0 Å². The third-order valence-corrected chi connectivity index (χ3v) is 9.32. The topological polar surface area (TPSA) is 191 Å². The van der Waals surface area contributed by atoms with Gasteiger partial charge in [-0.05, 0) is 68.3 Å². The molecule has 0 radical (unpaired) electrons. The van der Waals surface area contributed by atoms with Crippen LogP contribution >= 0.6 is 11.3 Å². The van der Waals surface area contributed by atoms with Gasteiger partial charge in [0.25, 0.3) is 16.0 Å². The van der Waals surface area contributed by atoms with Gasteiger partial charge in [0, 0.05) is 6.07 Å². The Kier molecular flexibility index (Phi) is 13.2. The number of carbonyl (C=O) groups is 2.